The summed E-state index contributed by atoms with van der Waals surface area (Å²) < 4.78 is 19.0. The lowest BCUT2D eigenvalue weighted by Gasteiger charge is -2.36. The third kappa shape index (κ3) is 4.78. The first-order valence-electron chi connectivity index (χ1n) is 12.0. The number of benzene rings is 2. The number of carbonyl (C=O) groups excluding carboxylic acids is 2. The van der Waals surface area contributed by atoms with Gasteiger partial charge < -0.3 is 14.2 Å². The first kappa shape index (κ1) is 24.1. The summed E-state index contributed by atoms with van der Waals surface area (Å²) in [4.78, 5) is 26.2. The molecule has 0 saturated carbocycles. The van der Waals surface area contributed by atoms with E-state index in [9.17, 15) is 9.59 Å². The standard InChI is InChI=1S/C28H26BrClO5/c1-2-33-24-14-17(13-19(29)28(24)34-15-16-6-3-7-18(30)12-16)25-26-20(31)8-4-10-22(26)35-23-11-5-9-21(32)27(23)25/h3,6-7,12-14,25H,2,4-5,8-11,15H2,1H3. The number of rotatable bonds is 6. The van der Waals surface area contributed by atoms with Crippen LogP contribution in [0, 0.1) is 0 Å². The summed E-state index contributed by atoms with van der Waals surface area (Å²) in [5.41, 5.74) is 2.99. The first-order chi connectivity index (χ1) is 17.0. The van der Waals surface area contributed by atoms with Crippen LogP contribution in [-0.4, -0.2) is 18.2 Å². The third-order valence-corrected chi connectivity index (χ3v) is 7.40. The molecule has 5 rings (SSSR count). The molecule has 1 heterocycles. The third-order valence-electron chi connectivity index (χ3n) is 6.58. The number of Topliss-reactive ketones (excluding diaryl/α,β-unsaturated/α-hetero) is 2. The van der Waals surface area contributed by atoms with Gasteiger partial charge in [-0.1, -0.05) is 23.7 Å². The first-order valence-corrected chi connectivity index (χ1v) is 13.2. The molecule has 182 valence electrons. The zero-order valence-corrected chi connectivity index (χ0v) is 21.8. The largest absolute Gasteiger partial charge is 0.490 e. The Kier molecular flexibility index (Phi) is 7.03. The normalized spacial score (nSPS) is 18.3. The maximum absolute atomic E-state index is 13.1. The zero-order valence-electron chi connectivity index (χ0n) is 19.5. The van der Waals surface area contributed by atoms with Gasteiger partial charge in [0, 0.05) is 47.8 Å². The minimum Gasteiger partial charge on any atom is -0.490 e. The van der Waals surface area contributed by atoms with Crippen LogP contribution >= 0.6 is 27.5 Å². The molecule has 2 aromatic rings. The van der Waals surface area contributed by atoms with Gasteiger partial charge in [0.15, 0.2) is 23.1 Å². The van der Waals surface area contributed by atoms with E-state index >= 15 is 0 Å². The van der Waals surface area contributed by atoms with Crippen LogP contribution < -0.4 is 9.47 Å². The molecule has 7 heteroatoms. The van der Waals surface area contributed by atoms with Gasteiger partial charge in [0.2, 0.25) is 0 Å². The Balaban J connectivity index is 1.57. The monoisotopic (exact) mass is 556 g/mol. The number of hydrogen-bond acceptors (Lipinski definition) is 5. The van der Waals surface area contributed by atoms with Crippen molar-refractivity contribution in [3.05, 3.63) is 79.7 Å². The highest BCUT2D eigenvalue weighted by Gasteiger charge is 2.42. The van der Waals surface area contributed by atoms with Crippen LogP contribution in [0.2, 0.25) is 5.02 Å². The average molecular weight is 558 g/mol. The van der Waals surface area contributed by atoms with Crippen LogP contribution in [0.4, 0.5) is 0 Å². The maximum Gasteiger partial charge on any atom is 0.175 e. The Bertz CT molecular complexity index is 1220. The van der Waals surface area contributed by atoms with Gasteiger partial charge in [-0.15, -0.1) is 0 Å². The Morgan fingerprint density at radius 2 is 1.66 bits per heavy atom. The molecule has 2 aliphatic carbocycles. The molecule has 0 N–H and O–H groups in total. The molecule has 5 nitrogen and oxygen atoms in total. The summed E-state index contributed by atoms with van der Waals surface area (Å²) in [5.74, 6) is 2.21. The molecule has 0 aromatic heterocycles. The summed E-state index contributed by atoms with van der Waals surface area (Å²) >= 11 is 9.78. The van der Waals surface area contributed by atoms with Crippen molar-refractivity contribution >= 4 is 39.1 Å². The minimum atomic E-state index is -0.452. The van der Waals surface area contributed by atoms with E-state index in [1.807, 2.05) is 43.3 Å². The van der Waals surface area contributed by atoms with E-state index < -0.39 is 5.92 Å². The second kappa shape index (κ2) is 10.2. The lowest BCUT2D eigenvalue weighted by atomic mass is 9.73. The molecular formula is C28H26BrClO5. The Morgan fingerprint density at radius 1 is 0.971 bits per heavy atom. The highest BCUT2D eigenvalue weighted by molar-refractivity contribution is 9.10. The Hall–Kier alpha value is -2.57. The highest BCUT2D eigenvalue weighted by Crippen LogP contribution is 2.50. The fraction of sp³-hybridized carbons (Fsp3) is 0.357. The Morgan fingerprint density at radius 3 is 2.29 bits per heavy atom. The number of hydrogen-bond donors (Lipinski definition) is 0. The topological polar surface area (TPSA) is 61.8 Å². The average Bonchev–Trinajstić information content (AvgIpc) is 2.83. The van der Waals surface area contributed by atoms with Gasteiger partial charge in [0.25, 0.3) is 0 Å². The smallest absolute Gasteiger partial charge is 0.175 e. The molecule has 1 aliphatic heterocycles. The van der Waals surface area contributed by atoms with E-state index in [1.54, 1.807) is 0 Å². The van der Waals surface area contributed by atoms with Crippen molar-refractivity contribution < 1.29 is 23.8 Å². The number of ketones is 2. The van der Waals surface area contributed by atoms with E-state index in [4.69, 9.17) is 25.8 Å². The van der Waals surface area contributed by atoms with Crippen molar-refractivity contribution in [1.29, 1.82) is 0 Å². The summed E-state index contributed by atoms with van der Waals surface area (Å²) in [6.45, 7) is 2.67. The van der Waals surface area contributed by atoms with E-state index in [0.29, 0.717) is 71.0 Å². The molecular weight excluding hydrogens is 532 g/mol. The van der Waals surface area contributed by atoms with Crippen LogP contribution in [0.3, 0.4) is 0 Å². The second-order valence-electron chi connectivity index (χ2n) is 8.94. The second-order valence-corrected chi connectivity index (χ2v) is 10.2. The van der Waals surface area contributed by atoms with Crippen molar-refractivity contribution in [2.45, 2.75) is 58.0 Å². The van der Waals surface area contributed by atoms with E-state index in [1.165, 1.54) is 0 Å². The summed E-state index contributed by atoms with van der Waals surface area (Å²) in [7, 11) is 0. The Labute approximate surface area is 218 Å². The zero-order chi connectivity index (χ0) is 24.5. The van der Waals surface area contributed by atoms with Crippen molar-refractivity contribution in [2.75, 3.05) is 6.61 Å². The lowest BCUT2D eigenvalue weighted by Crippen LogP contribution is -2.30. The highest BCUT2D eigenvalue weighted by atomic mass is 79.9. The number of halogens is 2. The van der Waals surface area contributed by atoms with Crippen LogP contribution in [-0.2, 0) is 20.9 Å². The lowest BCUT2D eigenvalue weighted by molar-refractivity contribution is -0.117. The molecule has 0 spiro atoms. The van der Waals surface area contributed by atoms with Crippen molar-refractivity contribution in [2.24, 2.45) is 0 Å². The molecule has 0 fully saturated rings. The molecule has 0 atom stereocenters. The molecule has 0 bridgehead atoms. The summed E-state index contributed by atoms with van der Waals surface area (Å²) in [5, 5.41) is 0.646. The molecule has 3 aliphatic rings. The van der Waals surface area contributed by atoms with Crippen LogP contribution in [0.1, 0.15) is 62.5 Å². The molecule has 0 amide bonds. The predicted molar refractivity (Wildman–Crippen MR) is 137 cm³/mol. The molecule has 2 aromatic carbocycles. The fourth-order valence-corrected chi connectivity index (χ4v) is 5.88. The SMILES string of the molecule is CCOc1cc(C2C3=C(CCCC3=O)OC3=C2C(=O)CCC3)cc(Br)c1OCc1cccc(Cl)c1. The molecule has 0 unspecified atom stereocenters. The molecule has 0 saturated heterocycles. The van der Waals surface area contributed by atoms with E-state index in [2.05, 4.69) is 15.9 Å². The maximum atomic E-state index is 13.1. The van der Waals surface area contributed by atoms with E-state index in [-0.39, 0.29) is 11.6 Å². The summed E-state index contributed by atoms with van der Waals surface area (Å²) in [6, 6.07) is 11.3. The summed E-state index contributed by atoms with van der Waals surface area (Å²) in [6.07, 6.45) is 3.90. The van der Waals surface area contributed by atoms with Crippen LogP contribution in [0.25, 0.3) is 0 Å². The van der Waals surface area contributed by atoms with Gasteiger partial charge in [-0.25, -0.2) is 0 Å². The predicted octanol–water partition coefficient (Wildman–Crippen LogP) is 7.21. The van der Waals surface area contributed by atoms with Gasteiger partial charge in [-0.05, 0) is 71.1 Å². The number of ether oxygens (including phenoxy) is 3. The van der Waals surface area contributed by atoms with Gasteiger partial charge in [-0.3, -0.25) is 9.59 Å². The van der Waals surface area contributed by atoms with Gasteiger partial charge in [0.05, 0.1) is 11.1 Å². The van der Waals surface area contributed by atoms with Crippen molar-refractivity contribution in [3.63, 3.8) is 0 Å². The van der Waals surface area contributed by atoms with Crippen molar-refractivity contribution in [1.82, 2.24) is 0 Å². The van der Waals surface area contributed by atoms with E-state index in [0.717, 1.165) is 35.5 Å². The molecule has 0 radical (unpaired) electrons. The van der Waals surface area contributed by atoms with Gasteiger partial charge >= 0.3 is 0 Å². The number of allylic oxidation sites excluding steroid dienone is 4. The number of carbonyl (C=O) groups is 2. The fourth-order valence-electron chi connectivity index (χ4n) is 5.09. The van der Waals surface area contributed by atoms with Gasteiger partial charge in [-0.2, -0.15) is 0 Å². The van der Waals surface area contributed by atoms with Crippen molar-refractivity contribution in [3.8, 4) is 11.5 Å². The van der Waals surface area contributed by atoms with Crippen LogP contribution in [0.15, 0.2) is 63.5 Å². The minimum absolute atomic E-state index is 0.0524. The molecule has 35 heavy (non-hydrogen) atoms. The van der Waals surface area contributed by atoms with Gasteiger partial charge in [0.1, 0.15) is 18.1 Å². The quantitative estimate of drug-likeness (QED) is 0.376. The van der Waals surface area contributed by atoms with Crippen LogP contribution in [0.5, 0.6) is 11.5 Å².